The highest BCUT2D eigenvalue weighted by Gasteiger charge is 2.34. The molecule has 1 fully saturated rings. The molecule has 1 aliphatic heterocycles. The zero-order valence-corrected chi connectivity index (χ0v) is 25.3. The second-order valence-corrected chi connectivity index (χ2v) is 11.2. The quantitative estimate of drug-likeness (QED) is 0.163. The number of amides is 1. The molecule has 1 amide bonds. The van der Waals surface area contributed by atoms with Crippen LogP contribution in [0.5, 0.6) is 11.5 Å². The number of nitrogens with zero attached hydrogens (tertiary/aromatic N) is 4. The van der Waals surface area contributed by atoms with Crippen LogP contribution in [0, 0.1) is 0 Å². The average Bonchev–Trinajstić information content (AvgIpc) is 3.51. The number of ether oxygens (including phenoxy) is 4. The van der Waals surface area contributed by atoms with E-state index < -0.39 is 18.4 Å². The van der Waals surface area contributed by atoms with Gasteiger partial charge in [0.05, 0.1) is 30.7 Å². The van der Waals surface area contributed by atoms with Crippen LogP contribution in [0.1, 0.15) is 12.0 Å². The molecule has 0 radical (unpaired) electrons. The van der Waals surface area contributed by atoms with E-state index in [1.54, 1.807) is 19.4 Å². The van der Waals surface area contributed by atoms with Gasteiger partial charge < -0.3 is 23.8 Å². The van der Waals surface area contributed by atoms with Gasteiger partial charge in [-0.25, -0.2) is 19.2 Å². The van der Waals surface area contributed by atoms with E-state index in [-0.39, 0.29) is 13.2 Å². The summed E-state index contributed by atoms with van der Waals surface area (Å²) in [5, 5.41) is 3.06. The Morgan fingerprint density at radius 3 is 2.67 bits per heavy atom. The number of likely N-dealkylation sites (tertiary alicyclic amines) is 1. The van der Waals surface area contributed by atoms with Crippen LogP contribution in [0.2, 0.25) is 0 Å². The number of para-hydroxylation sites is 1. The van der Waals surface area contributed by atoms with Gasteiger partial charge in [-0.1, -0.05) is 54.6 Å². The van der Waals surface area contributed by atoms with Crippen molar-refractivity contribution in [1.82, 2.24) is 19.3 Å². The maximum absolute atomic E-state index is 15.5. The molecule has 2 atom stereocenters. The van der Waals surface area contributed by atoms with E-state index in [1.165, 1.54) is 4.90 Å². The predicted octanol–water partition coefficient (Wildman–Crippen LogP) is 6.86. The van der Waals surface area contributed by atoms with Crippen molar-refractivity contribution in [1.29, 1.82) is 0 Å². The number of aromatic nitrogens is 3. The van der Waals surface area contributed by atoms with E-state index in [0.717, 1.165) is 33.1 Å². The molecule has 3 aromatic heterocycles. The van der Waals surface area contributed by atoms with Gasteiger partial charge in [-0.05, 0) is 40.6 Å². The molecule has 234 valence electrons. The Bertz CT molecular complexity index is 2010. The Hall–Kier alpha value is -5.22. The number of halogens is 1. The number of carbonyl (C=O) groups excluding carboxylic acids is 1. The summed E-state index contributed by atoms with van der Waals surface area (Å²) < 4.78 is 39.9. The number of benzene rings is 3. The number of methoxy groups -OCH3 is 1. The molecule has 6 aromatic rings. The van der Waals surface area contributed by atoms with Crippen molar-refractivity contribution in [2.75, 3.05) is 33.4 Å². The zero-order valence-electron chi connectivity index (χ0n) is 25.3. The van der Waals surface area contributed by atoms with Gasteiger partial charge in [-0.3, -0.25) is 4.40 Å². The SMILES string of the molecule is COCCOc1ccn2c(-c3ccc4cccc(O[C@H]5CCN(C(=O)OCc6ccc7ccccc7c6)C[C@@H]5F)c4n3)cnc2c1. The third-order valence-electron chi connectivity index (χ3n) is 8.18. The topological polar surface area (TPSA) is 87.4 Å². The lowest BCUT2D eigenvalue weighted by atomic mass is 10.1. The molecule has 0 N–H and O–H groups in total. The highest BCUT2D eigenvalue weighted by atomic mass is 19.1. The van der Waals surface area contributed by atoms with E-state index in [4.69, 9.17) is 23.9 Å². The van der Waals surface area contributed by atoms with Crippen LogP contribution >= 0.6 is 0 Å². The third-order valence-corrected chi connectivity index (χ3v) is 8.18. The van der Waals surface area contributed by atoms with Crippen LogP contribution in [0.4, 0.5) is 9.18 Å². The monoisotopic (exact) mass is 620 g/mol. The zero-order chi connectivity index (χ0) is 31.5. The summed E-state index contributed by atoms with van der Waals surface area (Å²) in [6.45, 7) is 1.28. The van der Waals surface area contributed by atoms with E-state index in [2.05, 4.69) is 4.98 Å². The van der Waals surface area contributed by atoms with Crippen LogP contribution in [0.3, 0.4) is 0 Å². The molecule has 46 heavy (non-hydrogen) atoms. The summed E-state index contributed by atoms with van der Waals surface area (Å²) in [5.74, 6) is 1.19. The molecular formula is C36H33FN4O5. The van der Waals surface area contributed by atoms with Crippen LogP contribution in [0.15, 0.2) is 97.3 Å². The number of alkyl halides is 1. The molecule has 0 spiro atoms. The van der Waals surface area contributed by atoms with E-state index in [9.17, 15) is 4.79 Å². The molecule has 9 nitrogen and oxygen atoms in total. The number of carbonyl (C=O) groups is 1. The van der Waals surface area contributed by atoms with E-state index in [1.807, 2.05) is 89.5 Å². The Balaban J connectivity index is 1.02. The molecule has 1 aliphatic rings. The summed E-state index contributed by atoms with van der Waals surface area (Å²) in [5.41, 5.74) is 3.72. The van der Waals surface area contributed by atoms with Crippen molar-refractivity contribution in [3.05, 3.63) is 103 Å². The molecule has 10 heteroatoms. The first kappa shape index (κ1) is 29.5. The first-order valence-corrected chi connectivity index (χ1v) is 15.2. The standard InChI is InChI=1S/C36H33FN4O5/c1-43-17-18-44-28-13-16-41-31(21-38-34(41)20-28)30-12-11-26-7-4-8-33(35(26)39-30)46-32-14-15-40(22-29(32)37)36(42)45-23-24-9-10-25-5-2-3-6-27(25)19-24/h2-13,16,19-21,29,32H,14-15,17-18,22-23H2,1H3/t29-,32-/m0/s1. The fourth-order valence-corrected chi connectivity index (χ4v) is 5.75. The predicted molar refractivity (Wildman–Crippen MR) is 173 cm³/mol. The Labute approximate surface area is 265 Å². The number of pyridine rings is 2. The number of hydrogen-bond acceptors (Lipinski definition) is 7. The summed E-state index contributed by atoms with van der Waals surface area (Å²) in [4.78, 5) is 23.7. The van der Waals surface area contributed by atoms with Crippen molar-refractivity contribution in [2.24, 2.45) is 0 Å². The van der Waals surface area contributed by atoms with Crippen LogP contribution < -0.4 is 9.47 Å². The number of hydrogen-bond donors (Lipinski definition) is 0. The lowest BCUT2D eigenvalue weighted by Gasteiger charge is -2.34. The van der Waals surface area contributed by atoms with Crippen LogP contribution in [0.25, 0.3) is 38.7 Å². The minimum atomic E-state index is -1.39. The van der Waals surface area contributed by atoms with Gasteiger partial charge in [0, 0.05) is 37.7 Å². The fourth-order valence-electron chi connectivity index (χ4n) is 5.75. The molecule has 3 aromatic carbocycles. The normalized spacial score (nSPS) is 16.6. The molecule has 0 aliphatic carbocycles. The Morgan fingerprint density at radius 1 is 0.957 bits per heavy atom. The summed E-state index contributed by atoms with van der Waals surface area (Å²) in [7, 11) is 1.63. The second-order valence-electron chi connectivity index (χ2n) is 11.2. The number of imidazole rings is 1. The number of fused-ring (bicyclic) bond motifs is 3. The molecular weight excluding hydrogens is 587 g/mol. The number of piperidine rings is 1. The van der Waals surface area contributed by atoms with Crippen molar-refractivity contribution >= 4 is 33.4 Å². The van der Waals surface area contributed by atoms with Gasteiger partial charge in [0.25, 0.3) is 0 Å². The van der Waals surface area contributed by atoms with Gasteiger partial charge in [0.15, 0.2) is 6.17 Å². The molecule has 7 rings (SSSR count). The second kappa shape index (κ2) is 13.0. The van der Waals surface area contributed by atoms with Crippen molar-refractivity contribution < 1.29 is 28.1 Å². The highest BCUT2D eigenvalue weighted by Crippen LogP contribution is 2.31. The van der Waals surface area contributed by atoms with Crippen molar-refractivity contribution in [3.8, 4) is 22.9 Å². The molecule has 0 saturated carbocycles. The van der Waals surface area contributed by atoms with Gasteiger partial charge in [-0.15, -0.1) is 0 Å². The van der Waals surface area contributed by atoms with Gasteiger partial charge in [-0.2, -0.15) is 0 Å². The van der Waals surface area contributed by atoms with Crippen LogP contribution in [-0.2, 0) is 16.1 Å². The average molecular weight is 621 g/mol. The van der Waals surface area contributed by atoms with E-state index >= 15 is 4.39 Å². The minimum Gasteiger partial charge on any atom is -0.491 e. The summed E-state index contributed by atoms with van der Waals surface area (Å²) in [6, 6.07) is 27.2. The maximum Gasteiger partial charge on any atom is 0.410 e. The number of rotatable bonds is 9. The minimum absolute atomic E-state index is 0.107. The van der Waals surface area contributed by atoms with Crippen molar-refractivity contribution in [3.63, 3.8) is 0 Å². The fraction of sp³-hybridized carbons (Fsp3) is 0.250. The lowest BCUT2D eigenvalue weighted by Crippen LogP contribution is -2.49. The van der Waals surface area contributed by atoms with Gasteiger partial charge in [0.2, 0.25) is 0 Å². The maximum atomic E-state index is 15.5. The lowest BCUT2D eigenvalue weighted by molar-refractivity contribution is 0.0153. The highest BCUT2D eigenvalue weighted by molar-refractivity contribution is 5.87. The summed E-state index contributed by atoms with van der Waals surface area (Å²) in [6.07, 6.45) is 1.32. The first-order chi connectivity index (χ1) is 22.6. The molecule has 1 saturated heterocycles. The molecule has 0 unspecified atom stereocenters. The third kappa shape index (κ3) is 6.16. The van der Waals surface area contributed by atoms with Gasteiger partial charge in [0.1, 0.15) is 42.0 Å². The first-order valence-electron chi connectivity index (χ1n) is 15.2. The van der Waals surface area contributed by atoms with Crippen molar-refractivity contribution in [2.45, 2.75) is 25.3 Å². The summed E-state index contributed by atoms with van der Waals surface area (Å²) >= 11 is 0. The molecule has 4 heterocycles. The van der Waals surface area contributed by atoms with Gasteiger partial charge >= 0.3 is 6.09 Å². The van der Waals surface area contributed by atoms with E-state index in [0.29, 0.717) is 48.9 Å². The Morgan fingerprint density at radius 2 is 1.80 bits per heavy atom. The Kier molecular flexibility index (Phi) is 8.35. The smallest absolute Gasteiger partial charge is 0.410 e. The van der Waals surface area contributed by atoms with Crippen LogP contribution in [-0.4, -0.2) is 71.1 Å². The largest absolute Gasteiger partial charge is 0.491 e. The molecule has 0 bridgehead atoms.